The van der Waals surface area contributed by atoms with Gasteiger partial charge in [-0.15, -0.1) is 0 Å². The number of nitrogens with one attached hydrogen (secondary N) is 2. The van der Waals surface area contributed by atoms with Gasteiger partial charge in [-0.25, -0.2) is 4.79 Å². The molecule has 0 bridgehead atoms. The van der Waals surface area contributed by atoms with Crippen molar-refractivity contribution in [3.63, 3.8) is 0 Å². The van der Waals surface area contributed by atoms with Crippen LogP contribution in [0.25, 0.3) is 11.0 Å². The molecule has 0 amide bonds. The highest BCUT2D eigenvalue weighted by Crippen LogP contribution is 2.23. The van der Waals surface area contributed by atoms with Gasteiger partial charge in [-0.1, -0.05) is 12.1 Å². The van der Waals surface area contributed by atoms with Gasteiger partial charge in [0.15, 0.2) is 0 Å². The molecule has 0 saturated carbocycles. The van der Waals surface area contributed by atoms with Crippen LogP contribution >= 0.6 is 0 Å². The summed E-state index contributed by atoms with van der Waals surface area (Å²) in [4.78, 5) is 15.2. The normalized spacial score (nSPS) is 17.1. The fourth-order valence-corrected chi connectivity index (χ4v) is 2.96. The van der Waals surface area contributed by atoms with Crippen molar-refractivity contribution in [1.29, 1.82) is 0 Å². The van der Waals surface area contributed by atoms with Gasteiger partial charge in [-0.2, -0.15) is 0 Å². The Kier molecular flexibility index (Phi) is 3.40. The molecule has 0 atom stereocenters. The summed E-state index contributed by atoms with van der Waals surface area (Å²) in [5.41, 5.74) is 2.81. The maximum atomic E-state index is 12.2. The molecule has 0 radical (unpaired) electrons. The highest BCUT2D eigenvalue weighted by molar-refractivity contribution is 5.79. The first-order chi connectivity index (χ1) is 9.31. The second-order valence-electron chi connectivity index (χ2n) is 5.07. The summed E-state index contributed by atoms with van der Waals surface area (Å²) in [6.45, 7) is 2.01. The van der Waals surface area contributed by atoms with Crippen LogP contribution < -0.4 is 11.0 Å². The molecule has 1 saturated heterocycles. The Morgan fingerprint density at radius 2 is 2.11 bits per heavy atom. The smallest absolute Gasteiger partial charge is 0.326 e. The molecular formula is C14H19N3O2. The van der Waals surface area contributed by atoms with Crippen LogP contribution in [0.2, 0.25) is 0 Å². The summed E-state index contributed by atoms with van der Waals surface area (Å²) >= 11 is 0. The third-order valence-electron chi connectivity index (χ3n) is 3.89. The molecule has 2 aromatic rings. The number of benzene rings is 1. The number of aliphatic hydroxyl groups excluding tert-OH is 1. The number of aliphatic hydroxyl groups is 1. The minimum atomic E-state index is -0.0349. The lowest BCUT2D eigenvalue weighted by Gasteiger charge is -2.23. The number of hydrogen-bond acceptors (Lipinski definition) is 3. The quantitative estimate of drug-likeness (QED) is 0.765. The van der Waals surface area contributed by atoms with Crippen LogP contribution in [0.4, 0.5) is 0 Å². The minimum absolute atomic E-state index is 0.0349. The summed E-state index contributed by atoms with van der Waals surface area (Å²) in [7, 11) is 0. The van der Waals surface area contributed by atoms with Gasteiger partial charge >= 0.3 is 5.69 Å². The van der Waals surface area contributed by atoms with Crippen LogP contribution in [-0.4, -0.2) is 34.4 Å². The summed E-state index contributed by atoms with van der Waals surface area (Å²) in [5.74, 6) is 0. The van der Waals surface area contributed by atoms with Gasteiger partial charge in [0.2, 0.25) is 0 Å². The lowest BCUT2D eigenvalue weighted by Crippen LogP contribution is -2.33. The number of nitrogens with zero attached hydrogens (tertiary/aromatic N) is 1. The zero-order valence-electron chi connectivity index (χ0n) is 10.9. The predicted octanol–water partition coefficient (Wildman–Crippen LogP) is 0.789. The SMILES string of the molecule is O=c1[nH]c2c(CCO)cccc2n1C1CCNCC1. The van der Waals surface area contributed by atoms with Crippen molar-refractivity contribution in [3.8, 4) is 0 Å². The Morgan fingerprint density at radius 3 is 2.84 bits per heavy atom. The number of rotatable bonds is 3. The maximum absolute atomic E-state index is 12.2. The van der Waals surface area contributed by atoms with Crippen LogP contribution in [0.5, 0.6) is 0 Å². The lowest BCUT2D eigenvalue weighted by molar-refractivity contribution is 0.300. The Hall–Kier alpha value is -1.59. The van der Waals surface area contributed by atoms with Crippen molar-refractivity contribution in [3.05, 3.63) is 34.2 Å². The largest absolute Gasteiger partial charge is 0.396 e. The van der Waals surface area contributed by atoms with E-state index in [0.717, 1.165) is 42.5 Å². The van der Waals surface area contributed by atoms with Crippen molar-refractivity contribution in [2.75, 3.05) is 19.7 Å². The Bertz CT molecular complexity index is 623. The predicted molar refractivity (Wildman–Crippen MR) is 74.5 cm³/mol. The van der Waals surface area contributed by atoms with E-state index >= 15 is 0 Å². The topological polar surface area (TPSA) is 70.0 Å². The molecule has 1 fully saturated rings. The molecule has 1 aliphatic rings. The Balaban J connectivity index is 2.11. The van der Waals surface area contributed by atoms with E-state index in [9.17, 15) is 4.79 Å². The van der Waals surface area contributed by atoms with Gasteiger partial charge in [0, 0.05) is 12.6 Å². The first-order valence-electron chi connectivity index (χ1n) is 6.85. The average Bonchev–Trinajstić information content (AvgIpc) is 2.77. The molecule has 0 spiro atoms. The van der Waals surface area contributed by atoms with Crippen LogP contribution in [-0.2, 0) is 6.42 Å². The van der Waals surface area contributed by atoms with Gasteiger partial charge in [0.05, 0.1) is 11.0 Å². The van der Waals surface area contributed by atoms with Crippen molar-refractivity contribution in [1.82, 2.24) is 14.9 Å². The van der Waals surface area contributed by atoms with Crippen molar-refractivity contribution < 1.29 is 5.11 Å². The average molecular weight is 261 g/mol. The number of imidazole rings is 1. The van der Waals surface area contributed by atoms with Crippen molar-refractivity contribution in [2.45, 2.75) is 25.3 Å². The summed E-state index contributed by atoms with van der Waals surface area (Å²) in [6, 6.07) is 6.17. The Morgan fingerprint density at radius 1 is 1.32 bits per heavy atom. The third-order valence-corrected chi connectivity index (χ3v) is 3.89. The van der Waals surface area contributed by atoms with E-state index in [4.69, 9.17) is 5.11 Å². The first-order valence-corrected chi connectivity index (χ1v) is 6.85. The van der Waals surface area contributed by atoms with E-state index in [1.807, 2.05) is 22.8 Å². The molecule has 5 heteroatoms. The van der Waals surface area contributed by atoms with E-state index in [1.54, 1.807) is 0 Å². The zero-order chi connectivity index (χ0) is 13.2. The van der Waals surface area contributed by atoms with Gasteiger partial charge < -0.3 is 15.4 Å². The Labute approximate surface area is 111 Å². The second kappa shape index (κ2) is 5.19. The molecular weight excluding hydrogens is 242 g/mol. The van der Waals surface area contributed by atoms with E-state index in [0.29, 0.717) is 6.42 Å². The van der Waals surface area contributed by atoms with E-state index in [1.165, 1.54) is 0 Å². The molecule has 2 heterocycles. The number of para-hydroxylation sites is 1. The molecule has 1 aromatic carbocycles. The number of H-pyrrole nitrogens is 1. The maximum Gasteiger partial charge on any atom is 0.326 e. The highest BCUT2D eigenvalue weighted by Gasteiger charge is 2.20. The van der Waals surface area contributed by atoms with Crippen LogP contribution in [0, 0.1) is 0 Å². The molecule has 0 unspecified atom stereocenters. The van der Waals surface area contributed by atoms with E-state index in [2.05, 4.69) is 10.3 Å². The van der Waals surface area contributed by atoms with Crippen molar-refractivity contribution >= 4 is 11.0 Å². The summed E-state index contributed by atoms with van der Waals surface area (Å²) in [5, 5.41) is 12.4. The zero-order valence-corrected chi connectivity index (χ0v) is 10.9. The molecule has 1 aromatic heterocycles. The fourth-order valence-electron chi connectivity index (χ4n) is 2.96. The minimum Gasteiger partial charge on any atom is -0.396 e. The van der Waals surface area contributed by atoms with Gasteiger partial charge in [-0.3, -0.25) is 4.57 Å². The van der Waals surface area contributed by atoms with Gasteiger partial charge in [-0.05, 0) is 44.0 Å². The standard InChI is InChI=1S/C14H19N3O2/c18-9-6-10-2-1-3-12-13(10)16-14(19)17(12)11-4-7-15-8-5-11/h1-3,11,15,18H,4-9H2,(H,16,19). The number of aromatic amines is 1. The van der Waals surface area contributed by atoms with E-state index < -0.39 is 0 Å². The molecule has 1 aliphatic heterocycles. The van der Waals surface area contributed by atoms with Crippen LogP contribution in [0.15, 0.2) is 23.0 Å². The molecule has 5 nitrogen and oxygen atoms in total. The molecule has 3 N–H and O–H groups in total. The lowest BCUT2D eigenvalue weighted by atomic mass is 10.1. The molecule has 19 heavy (non-hydrogen) atoms. The van der Waals surface area contributed by atoms with Gasteiger partial charge in [0.25, 0.3) is 0 Å². The fraction of sp³-hybridized carbons (Fsp3) is 0.500. The summed E-state index contributed by atoms with van der Waals surface area (Å²) in [6.07, 6.45) is 2.54. The number of piperidine rings is 1. The highest BCUT2D eigenvalue weighted by atomic mass is 16.3. The molecule has 102 valence electrons. The van der Waals surface area contributed by atoms with Crippen LogP contribution in [0.1, 0.15) is 24.4 Å². The first kappa shape index (κ1) is 12.4. The number of aromatic nitrogens is 2. The number of hydrogen-bond donors (Lipinski definition) is 3. The second-order valence-corrected chi connectivity index (χ2v) is 5.07. The molecule has 3 rings (SSSR count). The number of fused-ring (bicyclic) bond motifs is 1. The van der Waals surface area contributed by atoms with Crippen molar-refractivity contribution in [2.24, 2.45) is 0 Å². The van der Waals surface area contributed by atoms with Gasteiger partial charge in [0.1, 0.15) is 0 Å². The third kappa shape index (κ3) is 2.19. The van der Waals surface area contributed by atoms with E-state index in [-0.39, 0.29) is 18.3 Å². The molecule has 0 aliphatic carbocycles. The van der Waals surface area contributed by atoms with Crippen LogP contribution in [0.3, 0.4) is 0 Å². The monoisotopic (exact) mass is 261 g/mol. The summed E-state index contributed by atoms with van der Waals surface area (Å²) < 4.78 is 1.89.